The van der Waals surface area contributed by atoms with Crippen LogP contribution in [0.4, 0.5) is 0 Å². The number of hydrogen-bond acceptors (Lipinski definition) is 1. The number of fused-ring (bicyclic) bond motifs is 1. The van der Waals surface area contributed by atoms with E-state index < -0.39 is 8.07 Å². The average molecular weight is 588 g/mol. The smallest absolute Gasteiger partial charge is 1.00 e. The van der Waals surface area contributed by atoms with Gasteiger partial charge in [0.1, 0.15) is 0 Å². The molecule has 1 aromatic heterocycles. The van der Waals surface area contributed by atoms with Crippen LogP contribution in [-0.2, 0) is 26.2 Å². The largest absolute Gasteiger partial charge is 3.00 e. The standard InChI is InChI=1S/C18H17.C10H12SSi.2ClH.Zr/c1-13(2)16-11-15-9-6-10-17(18(15)12-16)14-7-4-3-5-8-14;1-6-9-7-4-11-5-8(7)10(6)12(9,2)3;;;/h3-13H,1-2H3;4-5,9H,1-3H3;2*1H;/q-1;;;;+3/p-2. The first-order valence-electron chi connectivity index (χ1n) is 10.9. The molecule has 3 aliphatic rings. The first kappa shape index (κ1) is 28.4. The Morgan fingerprint density at radius 3 is 2.21 bits per heavy atom. The Labute approximate surface area is 234 Å². The summed E-state index contributed by atoms with van der Waals surface area (Å²) in [5.41, 5.74) is 9.89. The molecule has 3 aromatic carbocycles. The van der Waals surface area contributed by atoms with Crippen LogP contribution in [0.15, 0.2) is 77.0 Å². The number of thiophene rings is 1. The van der Waals surface area contributed by atoms with Crippen molar-refractivity contribution >= 4 is 35.4 Å². The van der Waals surface area contributed by atoms with E-state index in [-0.39, 0.29) is 51.0 Å². The van der Waals surface area contributed by atoms with Gasteiger partial charge >= 0.3 is 26.2 Å². The van der Waals surface area contributed by atoms with Crippen LogP contribution in [0.3, 0.4) is 0 Å². The summed E-state index contributed by atoms with van der Waals surface area (Å²) in [4.78, 5) is 0. The molecule has 0 spiro atoms. The second-order valence-electron chi connectivity index (χ2n) is 9.57. The fraction of sp³-hybridized carbons (Fsp3) is 0.250. The van der Waals surface area contributed by atoms with E-state index in [2.05, 4.69) is 105 Å². The maximum Gasteiger partial charge on any atom is 3.00 e. The van der Waals surface area contributed by atoms with Crippen molar-refractivity contribution < 1.29 is 51.0 Å². The third-order valence-corrected chi connectivity index (χ3v) is 11.9. The molecule has 0 fully saturated rings. The van der Waals surface area contributed by atoms with Gasteiger partial charge in [-0.05, 0) is 40.3 Å². The number of benzene rings is 2. The van der Waals surface area contributed by atoms with Crippen molar-refractivity contribution in [3.05, 3.63) is 93.7 Å². The van der Waals surface area contributed by atoms with Gasteiger partial charge in [0.25, 0.3) is 0 Å². The summed E-state index contributed by atoms with van der Waals surface area (Å²) in [5, 5.41) is 9.19. The molecule has 0 saturated carbocycles. The molecule has 1 atom stereocenters. The average Bonchev–Trinajstić information content (AvgIpc) is 3.45. The predicted molar refractivity (Wildman–Crippen MR) is 136 cm³/mol. The first-order valence-corrected chi connectivity index (χ1v) is 14.9. The molecule has 1 unspecified atom stereocenters. The van der Waals surface area contributed by atoms with E-state index in [0.29, 0.717) is 5.92 Å². The Kier molecular flexibility index (Phi) is 9.33. The SMILES string of the molecule is CC(C)c1cc2c(-c3ccccc3)cccc2[cH-]1.CC1=C2c3cscc3C1[Si]2(C)C.[Cl-].[Cl-].[Zr+3]. The molecule has 3 heterocycles. The topological polar surface area (TPSA) is 0 Å². The molecular weight excluding hydrogens is 559 g/mol. The van der Waals surface area contributed by atoms with E-state index >= 15 is 0 Å². The predicted octanol–water partition coefficient (Wildman–Crippen LogP) is 2.77. The minimum Gasteiger partial charge on any atom is -1.00 e. The molecule has 0 nitrogen and oxygen atoms in total. The van der Waals surface area contributed by atoms with Crippen LogP contribution in [0.1, 0.15) is 48.9 Å². The quantitative estimate of drug-likeness (QED) is 0.250. The van der Waals surface area contributed by atoms with E-state index in [1.165, 1.54) is 27.5 Å². The Hall–Kier alpha value is -0.830. The number of rotatable bonds is 2. The van der Waals surface area contributed by atoms with Crippen molar-refractivity contribution in [1.29, 1.82) is 0 Å². The van der Waals surface area contributed by atoms with Gasteiger partial charge in [-0.25, -0.2) is 0 Å². The van der Waals surface area contributed by atoms with Crippen molar-refractivity contribution in [3.8, 4) is 11.1 Å². The van der Waals surface area contributed by atoms with Crippen LogP contribution < -0.4 is 24.8 Å². The molecule has 33 heavy (non-hydrogen) atoms. The molecule has 1 aliphatic carbocycles. The Bertz CT molecular complexity index is 1270. The zero-order chi connectivity index (χ0) is 21.0. The van der Waals surface area contributed by atoms with Gasteiger partial charge in [0.15, 0.2) is 0 Å². The molecule has 1 radical (unpaired) electrons. The zero-order valence-electron chi connectivity index (χ0n) is 19.7. The third kappa shape index (κ3) is 4.69. The molecule has 2 bridgehead atoms. The minimum atomic E-state index is -0.976. The molecule has 0 saturated heterocycles. The van der Waals surface area contributed by atoms with E-state index in [9.17, 15) is 0 Å². The monoisotopic (exact) mass is 585 g/mol. The second-order valence-corrected chi connectivity index (χ2v) is 14.8. The van der Waals surface area contributed by atoms with Crippen LogP contribution >= 0.6 is 11.3 Å². The summed E-state index contributed by atoms with van der Waals surface area (Å²) in [7, 11) is -0.976. The van der Waals surface area contributed by atoms with Gasteiger partial charge in [0, 0.05) is 5.54 Å². The van der Waals surface area contributed by atoms with E-state index in [4.69, 9.17) is 0 Å². The number of halogens is 2. The van der Waals surface area contributed by atoms with Crippen molar-refractivity contribution in [2.24, 2.45) is 0 Å². The van der Waals surface area contributed by atoms with E-state index in [1.807, 2.05) is 11.3 Å². The maximum absolute atomic E-state index is 2.50. The molecule has 4 aromatic rings. The van der Waals surface area contributed by atoms with Crippen LogP contribution in [-0.4, -0.2) is 8.07 Å². The summed E-state index contributed by atoms with van der Waals surface area (Å²) < 4.78 is 0. The zero-order valence-corrected chi connectivity index (χ0v) is 25.5. The summed E-state index contributed by atoms with van der Waals surface area (Å²) in [6.45, 7) is 11.8. The Morgan fingerprint density at radius 2 is 1.61 bits per heavy atom. The fourth-order valence-corrected chi connectivity index (χ4v) is 11.1. The van der Waals surface area contributed by atoms with Crippen molar-refractivity contribution in [2.45, 2.75) is 45.3 Å². The third-order valence-electron chi connectivity index (χ3n) is 6.99. The van der Waals surface area contributed by atoms with Crippen molar-refractivity contribution in [3.63, 3.8) is 0 Å². The summed E-state index contributed by atoms with van der Waals surface area (Å²) in [5.74, 6) is 0.584. The summed E-state index contributed by atoms with van der Waals surface area (Å²) >= 11 is 1.87. The van der Waals surface area contributed by atoms with Crippen LogP contribution in [0.25, 0.3) is 27.1 Å². The van der Waals surface area contributed by atoms with E-state index in [0.717, 1.165) is 5.54 Å². The summed E-state index contributed by atoms with van der Waals surface area (Å²) in [6.07, 6.45) is 0. The van der Waals surface area contributed by atoms with Gasteiger partial charge < -0.3 is 24.8 Å². The normalized spacial score (nSPS) is 16.6. The van der Waals surface area contributed by atoms with Gasteiger partial charge in [-0.15, -0.1) is 34.5 Å². The van der Waals surface area contributed by atoms with E-state index in [1.54, 1.807) is 21.9 Å². The van der Waals surface area contributed by atoms with Gasteiger partial charge in [-0.2, -0.15) is 17.4 Å². The van der Waals surface area contributed by atoms with Crippen molar-refractivity contribution in [2.75, 3.05) is 0 Å². The van der Waals surface area contributed by atoms with Gasteiger partial charge in [-0.3, -0.25) is 0 Å². The minimum absolute atomic E-state index is 0. The molecule has 2 aliphatic heterocycles. The number of hydrogen-bond donors (Lipinski definition) is 0. The van der Waals surface area contributed by atoms with Gasteiger partial charge in [0.2, 0.25) is 0 Å². The van der Waals surface area contributed by atoms with Crippen LogP contribution in [0.2, 0.25) is 13.1 Å². The molecule has 0 amide bonds. The van der Waals surface area contributed by atoms with Gasteiger partial charge in [0.05, 0.1) is 8.07 Å². The Balaban J connectivity index is 0.000000227. The Morgan fingerprint density at radius 1 is 0.909 bits per heavy atom. The molecule has 169 valence electrons. The molecular formula is C28H29Cl2SSiZr. The van der Waals surface area contributed by atoms with Crippen LogP contribution in [0, 0.1) is 0 Å². The number of allylic oxidation sites excluding steroid dienone is 1. The van der Waals surface area contributed by atoms with Gasteiger partial charge in [-0.1, -0.05) is 79.7 Å². The summed E-state index contributed by atoms with van der Waals surface area (Å²) in [6, 6.07) is 21.8. The molecule has 0 N–H and O–H groups in total. The second kappa shape index (κ2) is 10.8. The van der Waals surface area contributed by atoms with Crippen LogP contribution in [0.5, 0.6) is 0 Å². The molecule has 7 rings (SSSR count). The first-order chi connectivity index (χ1) is 14.4. The maximum atomic E-state index is 2.50. The van der Waals surface area contributed by atoms with Crippen molar-refractivity contribution in [1.82, 2.24) is 0 Å². The fourth-order valence-electron chi connectivity index (χ4n) is 5.64. The molecule has 5 heteroatoms.